The van der Waals surface area contributed by atoms with Crippen LogP contribution in [0, 0.1) is 5.92 Å². The van der Waals surface area contributed by atoms with Gasteiger partial charge in [0.2, 0.25) is 0 Å². The number of ether oxygens (including phenoxy) is 2. The van der Waals surface area contributed by atoms with Crippen molar-refractivity contribution in [2.24, 2.45) is 5.92 Å². The number of carbonyl (C=O) groups excluding carboxylic acids is 2. The van der Waals surface area contributed by atoms with E-state index >= 15 is 0 Å². The van der Waals surface area contributed by atoms with Crippen LogP contribution < -0.4 is 0 Å². The highest BCUT2D eigenvalue weighted by Crippen LogP contribution is 2.36. The molecule has 0 spiro atoms. The normalized spacial score (nSPS) is 12.4. The zero-order chi connectivity index (χ0) is 39.1. The van der Waals surface area contributed by atoms with Crippen molar-refractivity contribution in [3.8, 4) is 0 Å². The Bertz CT molecular complexity index is 845. The lowest BCUT2D eigenvalue weighted by Crippen LogP contribution is -2.29. The number of carbonyl (C=O) groups is 2. The summed E-state index contributed by atoms with van der Waals surface area (Å²) >= 11 is 0. The number of unbranched alkanes of at least 4 members (excludes halogenated alkanes) is 30. The fourth-order valence-electron chi connectivity index (χ4n) is 6.91. The van der Waals surface area contributed by atoms with Gasteiger partial charge in [-0.1, -0.05) is 220 Å². The molecule has 316 valence electrons. The molecule has 1 atom stereocenters. The van der Waals surface area contributed by atoms with Gasteiger partial charge < -0.3 is 19.3 Å². The highest BCUT2D eigenvalue weighted by atomic mass is 31.2. The maximum Gasteiger partial charge on any atom is 0.469 e. The molecule has 0 saturated heterocycles. The molecule has 0 aliphatic heterocycles. The first kappa shape index (κ1) is 52.0. The van der Waals surface area contributed by atoms with E-state index < -0.39 is 32.5 Å². The standard InChI is InChI=1S/C44H87O8P/c1-4-5-6-7-8-9-10-11-12-13-14-15-19-22-25-28-31-34-37-43(45)50-39-42(40-51-53(47,48)49)52-44(46)38-35-32-29-26-23-20-17-16-18-21-24-27-30-33-36-41(2)3/h41-42H,4-40H2,1-3H3,(H2,47,48,49)/t42-/m1/s1. The highest BCUT2D eigenvalue weighted by molar-refractivity contribution is 7.46. The third-order valence-corrected chi connectivity index (χ3v) is 10.8. The number of hydrogen-bond donors (Lipinski definition) is 2. The van der Waals surface area contributed by atoms with Crippen LogP contribution in [-0.4, -0.2) is 41.0 Å². The summed E-state index contributed by atoms with van der Waals surface area (Å²) in [5.74, 6) is -0.0352. The molecule has 2 N–H and O–H groups in total. The summed E-state index contributed by atoms with van der Waals surface area (Å²) in [7, 11) is -4.75. The molecular weight excluding hydrogens is 687 g/mol. The Labute approximate surface area is 327 Å². The van der Waals surface area contributed by atoms with Gasteiger partial charge in [-0.05, 0) is 18.8 Å². The molecule has 0 aromatic heterocycles. The molecule has 53 heavy (non-hydrogen) atoms. The van der Waals surface area contributed by atoms with E-state index in [0.717, 1.165) is 38.0 Å². The number of phosphoric ester groups is 1. The minimum absolute atomic E-state index is 0.219. The Kier molecular flexibility index (Phi) is 38.6. The molecule has 0 saturated carbocycles. The summed E-state index contributed by atoms with van der Waals surface area (Å²) in [6, 6.07) is 0. The van der Waals surface area contributed by atoms with Crippen LogP contribution in [0.5, 0.6) is 0 Å². The molecule has 0 radical (unpaired) electrons. The Morgan fingerprint density at radius 3 is 1.13 bits per heavy atom. The van der Waals surface area contributed by atoms with Crippen LogP contribution in [0.1, 0.15) is 245 Å². The van der Waals surface area contributed by atoms with Gasteiger partial charge in [0.1, 0.15) is 6.61 Å². The Balaban J connectivity index is 3.82. The second-order valence-corrected chi connectivity index (χ2v) is 17.5. The predicted molar refractivity (Wildman–Crippen MR) is 221 cm³/mol. The summed E-state index contributed by atoms with van der Waals surface area (Å²) in [4.78, 5) is 42.9. The molecule has 9 heteroatoms. The largest absolute Gasteiger partial charge is 0.469 e. The number of hydrogen-bond acceptors (Lipinski definition) is 6. The molecule has 0 aromatic carbocycles. The van der Waals surface area contributed by atoms with E-state index in [0.29, 0.717) is 6.42 Å². The Hall–Kier alpha value is -0.950. The summed E-state index contributed by atoms with van der Waals surface area (Å²) in [5, 5.41) is 0. The maximum absolute atomic E-state index is 12.4. The quantitative estimate of drug-likeness (QED) is 0.0357. The lowest BCUT2D eigenvalue weighted by molar-refractivity contribution is -0.161. The molecule has 8 nitrogen and oxygen atoms in total. The van der Waals surface area contributed by atoms with Gasteiger partial charge in [0.15, 0.2) is 6.10 Å². The number of phosphoric acid groups is 1. The van der Waals surface area contributed by atoms with Gasteiger partial charge in [0.25, 0.3) is 0 Å². The van der Waals surface area contributed by atoms with Crippen molar-refractivity contribution in [2.75, 3.05) is 13.2 Å². The fraction of sp³-hybridized carbons (Fsp3) is 0.955. The summed E-state index contributed by atoms with van der Waals surface area (Å²) in [5.41, 5.74) is 0. The van der Waals surface area contributed by atoms with Crippen LogP contribution >= 0.6 is 7.82 Å². The van der Waals surface area contributed by atoms with Crippen LogP contribution in [0.15, 0.2) is 0 Å². The monoisotopic (exact) mass is 775 g/mol. The van der Waals surface area contributed by atoms with E-state index in [1.54, 1.807) is 0 Å². The topological polar surface area (TPSA) is 119 Å². The van der Waals surface area contributed by atoms with Gasteiger partial charge in [-0.2, -0.15) is 0 Å². The van der Waals surface area contributed by atoms with Crippen molar-refractivity contribution in [1.82, 2.24) is 0 Å². The van der Waals surface area contributed by atoms with Crippen LogP contribution in [-0.2, 0) is 28.2 Å². The van der Waals surface area contributed by atoms with E-state index in [1.807, 2.05) is 0 Å². The molecule has 0 heterocycles. The van der Waals surface area contributed by atoms with E-state index in [1.165, 1.54) is 173 Å². The van der Waals surface area contributed by atoms with Gasteiger partial charge in [-0.3, -0.25) is 14.1 Å². The van der Waals surface area contributed by atoms with Crippen molar-refractivity contribution in [2.45, 2.75) is 252 Å². The first-order valence-electron chi connectivity index (χ1n) is 22.7. The predicted octanol–water partition coefficient (Wildman–Crippen LogP) is 13.9. The van der Waals surface area contributed by atoms with Gasteiger partial charge in [-0.25, -0.2) is 4.57 Å². The molecule has 0 rings (SSSR count). The molecule has 0 bridgehead atoms. The summed E-state index contributed by atoms with van der Waals surface area (Å²) in [6.45, 7) is 6.07. The molecular formula is C44H87O8P. The van der Waals surface area contributed by atoms with Crippen molar-refractivity contribution in [3.05, 3.63) is 0 Å². The summed E-state index contributed by atoms with van der Waals surface area (Å²) < 4.78 is 26.5. The van der Waals surface area contributed by atoms with Crippen LogP contribution in [0.25, 0.3) is 0 Å². The fourth-order valence-corrected chi connectivity index (χ4v) is 7.27. The van der Waals surface area contributed by atoms with Gasteiger partial charge in [0, 0.05) is 12.8 Å². The third-order valence-electron chi connectivity index (χ3n) is 10.3. The minimum atomic E-state index is -4.75. The second kappa shape index (κ2) is 39.3. The number of rotatable bonds is 42. The van der Waals surface area contributed by atoms with Crippen LogP contribution in [0.4, 0.5) is 0 Å². The lowest BCUT2D eigenvalue weighted by Gasteiger charge is -2.18. The van der Waals surface area contributed by atoms with E-state index in [2.05, 4.69) is 25.3 Å². The summed E-state index contributed by atoms with van der Waals surface area (Å²) in [6.07, 6.45) is 41.1. The van der Waals surface area contributed by atoms with Crippen molar-refractivity contribution < 1.29 is 37.9 Å². The van der Waals surface area contributed by atoms with Crippen molar-refractivity contribution >= 4 is 19.8 Å². The molecule has 0 amide bonds. The minimum Gasteiger partial charge on any atom is -0.462 e. The first-order valence-corrected chi connectivity index (χ1v) is 24.2. The third kappa shape index (κ3) is 43.6. The molecule has 0 aliphatic rings. The smallest absolute Gasteiger partial charge is 0.462 e. The maximum atomic E-state index is 12.4. The van der Waals surface area contributed by atoms with Crippen molar-refractivity contribution in [1.29, 1.82) is 0 Å². The van der Waals surface area contributed by atoms with E-state index in [9.17, 15) is 14.2 Å². The lowest BCUT2D eigenvalue weighted by atomic mass is 10.0. The van der Waals surface area contributed by atoms with Crippen LogP contribution in [0.2, 0.25) is 0 Å². The van der Waals surface area contributed by atoms with Gasteiger partial charge in [-0.15, -0.1) is 0 Å². The highest BCUT2D eigenvalue weighted by Gasteiger charge is 2.23. The average Bonchev–Trinajstić information content (AvgIpc) is 3.11. The van der Waals surface area contributed by atoms with E-state index in [-0.39, 0.29) is 19.4 Å². The molecule has 0 aromatic rings. The first-order chi connectivity index (χ1) is 25.6. The Morgan fingerprint density at radius 1 is 0.472 bits per heavy atom. The Morgan fingerprint density at radius 2 is 0.792 bits per heavy atom. The zero-order valence-electron chi connectivity index (χ0n) is 35.1. The molecule has 0 fully saturated rings. The molecule has 0 unspecified atom stereocenters. The van der Waals surface area contributed by atoms with Crippen molar-refractivity contribution in [3.63, 3.8) is 0 Å². The van der Waals surface area contributed by atoms with Crippen LogP contribution in [0.3, 0.4) is 0 Å². The van der Waals surface area contributed by atoms with Gasteiger partial charge >= 0.3 is 19.8 Å². The van der Waals surface area contributed by atoms with Gasteiger partial charge in [0.05, 0.1) is 6.61 Å². The van der Waals surface area contributed by atoms with E-state index in [4.69, 9.17) is 19.3 Å². The second-order valence-electron chi connectivity index (χ2n) is 16.2. The zero-order valence-corrected chi connectivity index (χ0v) is 36.0. The molecule has 0 aliphatic carbocycles. The SMILES string of the molecule is CCCCCCCCCCCCCCCCCCCCC(=O)OC[C@H](COP(=O)(O)O)OC(=O)CCCCCCCCCCCCCCCCC(C)C. The number of esters is 2. The average molecular weight is 775 g/mol.